The smallest absolute Gasteiger partial charge is 0.327 e. The van der Waals surface area contributed by atoms with Gasteiger partial charge in [-0.2, -0.15) is 0 Å². The number of imide groups is 1. The van der Waals surface area contributed by atoms with Gasteiger partial charge in [0.15, 0.2) is 11.5 Å². The predicted molar refractivity (Wildman–Crippen MR) is 129 cm³/mol. The molecule has 0 aliphatic carbocycles. The van der Waals surface area contributed by atoms with Gasteiger partial charge in [0.2, 0.25) is 0 Å². The molecule has 2 aliphatic heterocycles. The number of hydrogen-bond acceptors (Lipinski definition) is 6. The largest absolute Gasteiger partial charge is 0.493 e. The lowest BCUT2D eigenvalue weighted by Gasteiger charge is -2.42. The number of pyridine rings is 1. The van der Waals surface area contributed by atoms with Gasteiger partial charge in [0, 0.05) is 50.7 Å². The summed E-state index contributed by atoms with van der Waals surface area (Å²) in [5.41, 5.74) is 1.44. The zero-order chi connectivity index (χ0) is 24.1. The first-order valence-electron chi connectivity index (χ1n) is 12.0. The van der Waals surface area contributed by atoms with Crippen LogP contribution in [0.5, 0.6) is 11.5 Å². The maximum absolute atomic E-state index is 13.5. The van der Waals surface area contributed by atoms with Gasteiger partial charge >= 0.3 is 6.03 Å². The first-order chi connectivity index (χ1) is 16.5. The molecule has 0 N–H and O–H groups in total. The molecule has 8 heteroatoms. The number of piperidine rings is 1. The number of urea groups is 1. The molecule has 1 aromatic heterocycles. The second-order valence-electron chi connectivity index (χ2n) is 8.91. The number of aromatic nitrogens is 1. The number of methoxy groups -OCH3 is 2. The van der Waals surface area contributed by atoms with Crippen LogP contribution in [0.4, 0.5) is 4.79 Å². The fourth-order valence-electron chi connectivity index (χ4n) is 5.29. The second-order valence-corrected chi connectivity index (χ2v) is 8.91. The van der Waals surface area contributed by atoms with Crippen LogP contribution in [-0.2, 0) is 17.8 Å². The first-order valence-corrected chi connectivity index (χ1v) is 12.0. The molecule has 2 aliphatic rings. The molecule has 3 amide bonds. The minimum atomic E-state index is -0.727. The normalized spacial score (nSPS) is 18.1. The third-order valence-corrected chi connectivity index (χ3v) is 7.07. The van der Waals surface area contributed by atoms with Crippen molar-refractivity contribution in [1.29, 1.82) is 0 Å². The highest BCUT2D eigenvalue weighted by atomic mass is 16.5. The number of rotatable bonds is 9. The Labute approximate surface area is 201 Å². The van der Waals surface area contributed by atoms with E-state index < -0.39 is 5.54 Å². The molecule has 0 unspecified atom stereocenters. The molecular formula is C26H34N4O4. The molecule has 8 nitrogen and oxygen atoms in total. The maximum Gasteiger partial charge on any atom is 0.327 e. The molecule has 182 valence electrons. The van der Waals surface area contributed by atoms with Crippen molar-refractivity contribution >= 4 is 11.9 Å². The number of hydrogen-bond donors (Lipinski definition) is 0. The molecule has 34 heavy (non-hydrogen) atoms. The molecule has 1 spiro atoms. The van der Waals surface area contributed by atoms with Crippen molar-refractivity contribution < 1.29 is 19.1 Å². The molecular weight excluding hydrogens is 432 g/mol. The van der Waals surface area contributed by atoms with E-state index in [1.54, 1.807) is 25.3 Å². The Bertz CT molecular complexity index is 1010. The third-order valence-electron chi connectivity index (χ3n) is 7.07. The van der Waals surface area contributed by atoms with Crippen LogP contribution in [0, 0.1) is 0 Å². The van der Waals surface area contributed by atoms with E-state index in [0.717, 1.165) is 42.8 Å². The summed E-state index contributed by atoms with van der Waals surface area (Å²) in [7, 11) is 3.29. The van der Waals surface area contributed by atoms with E-state index in [0.29, 0.717) is 38.2 Å². The van der Waals surface area contributed by atoms with Crippen molar-refractivity contribution in [3.63, 3.8) is 0 Å². The van der Waals surface area contributed by atoms with Gasteiger partial charge in [0.05, 0.1) is 14.2 Å². The van der Waals surface area contributed by atoms with Crippen molar-refractivity contribution in [3.05, 3.63) is 53.9 Å². The van der Waals surface area contributed by atoms with E-state index in [-0.39, 0.29) is 11.9 Å². The SMILES string of the molecule is CCN1C(=O)N(CCCc2cccnc2)C(=O)C12CCN(Cc1cccc(OC)c1OC)CC2. The summed E-state index contributed by atoms with van der Waals surface area (Å²) in [6.07, 6.45) is 6.38. The molecule has 0 radical (unpaired) electrons. The lowest BCUT2D eigenvalue weighted by molar-refractivity contribution is -0.135. The van der Waals surface area contributed by atoms with Gasteiger partial charge in [-0.3, -0.25) is 19.6 Å². The van der Waals surface area contributed by atoms with Gasteiger partial charge in [0.1, 0.15) is 5.54 Å². The summed E-state index contributed by atoms with van der Waals surface area (Å²) in [4.78, 5) is 36.4. The number of carbonyl (C=O) groups is 2. The summed E-state index contributed by atoms with van der Waals surface area (Å²) in [5, 5.41) is 0. The van der Waals surface area contributed by atoms with E-state index in [1.807, 2.05) is 43.5 Å². The lowest BCUT2D eigenvalue weighted by Crippen LogP contribution is -2.56. The van der Waals surface area contributed by atoms with Crippen molar-refractivity contribution in [2.75, 3.05) is 40.4 Å². The van der Waals surface area contributed by atoms with Gasteiger partial charge in [0.25, 0.3) is 5.91 Å². The van der Waals surface area contributed by atoms with E-state index in [4.69, 9.17) is 9.47 Å². The zero-order valence-electron chi connectivity index (χ0n) is 20.3. The fourth-order valence-corrected chi connectivity index (χ4v) is 5.29. The lowest BCUT2D eigenvalue weighted by atomic mass is 9.85. The van der Waals surface area contributed by atoms with E-state index in [1.165, 1.54) is 4.90 Å². The van der Waals surface area contributed by atoms with Gasteiger partial charge in [-0.25, -0.2) is 4.79 Å². The summed E-state index contributed by atoms with van der Waals surface area (Å²) in [6.45, 7) is 5.11. The highest BCUT2D eigenvalue weighted by Crippen LogP contribution is 2.38. The average molecular weight is 467 g/mol. The van der Waals surface area contributed by atoms with Crippen molar-refractivity contribution in [1.82, 2.24) is 19.7 Å². The van der Waals surface area contributed by atoms with Crippen LogP contribution in [0.3, 0.4) is 0 Å². The van der Waals surface area contributed by atoms with E-state index in [2.05, 4.69) is 9.88 Å². The number of carbonyl (C=O) groups excluding carboxylic acids is 2. The minimum Gasteiger partial charge on any atom is -0.493 e. The number of nitrogens with zero attached hydrogens (tertiary/aromatic N) is 4. The number of likely N-dealkylation sites (N-methyl/N-ethyl adjacent to an activating group) is 1. The molecule has 4 rings (SSSR count). The predicted octanol–water partition coefficient (Wildman–Crippen LogP) is 3.35. The van der Waals surface area contributed by atoms with Crippen LogP contribution in [-0.4, -0.2) is 77.6 Å². The Morgan fingerprint density at radius 2 is 1.85 bits per heavy atom. The Morgan fingerprint density at radius 1 is 1.06 bits per heavy atom. The van der Waals surface area contributed by atoms with Gasteiger partial charge < -0.3 is 14.4 Å². The first kappa shape index (κ1) is 24.0. The molecule has 0 saturated carbocycles. The van der Waals surface area contributed by atoms with Crippen LogP contribution in [0.2, 0.25) is 0 Å². The second kappa shape index (κ2) is 10.4. The molecule has 2 fully saturated rings. The fraction of sp³-hybridized carbons (Fsp3) is 0.500. The van der Waals surface area contributed by atoms with Crippen molar-refractivity contribution in [2.24, 2.45) is 0 Å². The van der Waals surface area contributed by atoms with E-state index >= 15 is 0 Å². The third kappa shape index (κ3) is 4.46. The van der Waals surface area contributed by atoms with Crippen molar-refractivity contribution in [2.45, 2.75) is 44.7 Å². The van der Waals surface area contributed by atoms with Crippen LogP contribution in [0.15, 0.2) is 42.7 Å². The highest BCUT2D eigenvalue weighted by Gasteiger charge is 2.57. The summed E-state index contributed by atoms with van der Waals surface area (Å²) >= 11 is 0. The van der Waals surface area contributed by atoms with Crippen LogP contribution in [0.1, 0.15) is 37.3 Å². The standard InChI is InChI=1S/C26H34N4O4/c1-4-30-25(32)29(15-7-9-20-8-6-14-27-18-20)24(31)26(30)12-16-28(17-13-26)19-21-10-5-11-22(33-2)23(21)34-3/h5-6,8,10-11,14,18H,4,7,9,12-13,15-17,19H2,1-3H3. The topological polar surface area (TPSA) is 75.2 Å². The molecule has 3 heterocycles. The Morgan fingerprint density at radius 3 is 2.50 bits per heavy atom. The Kier molecular flexibility index (Phi) is 7.36. The zero-order valence-corrected chi connectivity index (χ0v) is 20.3. The number of amides is 3. The maximum atomic E-state index is 13.5. The van der Waals surface area contributed by atoms with Gasteiger partial charge in [-0.1, -0.05) is 18.2 Å². The van der Waals surface area contributed by atoms with Gasteiger partial charge in [-0.15, -0.1) is 0 Å². The molecule has 2 saturated heterocycles. The van der Waals surface area contributed by atoms with Gasteiger partial charge in [-0.05, 0) is 50.3 Å². The van der Waals surface area contributed by atoms with Crippen LogP contribution in [0.25, 0.3) is 0 Å². The Balaban J connectivity index is 1.41. The number of para-hydroxylation sites is 1. The number of likely N-dealkylation sites (tertiary alicyclic amines) is 1. The number of benzene rings is 1. The van der Waals surface area contributed by atoms with Crippen molar-refractivity contribution in [3.8, 4) is 11.5 Å². The summed E-state index contributed by atoms with van der Waals surface area (Å²) < 4.78 is 11.0. The molecule has 2 aromatic rings. The summed E-state index contributed by atoms with van der Waals surface area (Å²) in [6, 6.07) is 9.67. The number of ether oxygens (including phenoxy) is 2. The van der Waals surface area contributed by atoms with Crippen LogP contribution < -0.4 is 9.47 Å². The molecule has 0 bridgehead atoms. The Hall–Kier alpha value is -3.13. The molecule has 0 atom stereocenters. The quantitative estimate of drug-likeness (QED) is 0.528. The number of aryl methyl sites for hydroxylation is 1. The monoisotopic (exact) mass is 466 g/mol. The average Bonchev–Trinajstić information content (AvgIpc) is 3.06. The highest BCUT2D eigenvalue weighted by molar-refractivity contribution is 6.07. The minimum absolute atomic E-state index is 0.0378. The van der Waals surface area contributed by atoms with Crippen LogP contribution >= 0.6 is 0 Å². The van der Waals surface area contributed by atoms with E-state index in [9.17, 15) is 9.59 Å². The molecule has 1 aromatic carbocycles. The summed E-state index contributed by atoms with van der Waals surface area (Å²) in [5.74, 6) is 1.42.